The van der Waals surface area contributed by atoms with Crippen LogP contribution >= 0.6 is 73.4 Å². The van der Waals surface area contributed by atoms with Gasteiger partial charge in [-0.05, 0) is 24.5 Å². The summed E-state index contributed by atoms with van der Waals surface area (Å²) in [4.78, 5) is 0. The molecule has 0 N–H and O–H groups in total. The summed E-state index contributed by atoms with van der Waals surface area (Å²) >= 11 is 35.5. The van der Waals surface area contributed by atoms with Gasteiger partial charge in [0.25, 0.3) is 0 Å². The Morgan fingerprint density at radius 2 is 1.00 bits per heavy atom. The van der Waals surface area contributed by atoms with Crippen LogP contribution in [0, 0.1) is 0 Å². The number of hydrogen-bond acceptors (Lipinski definition) is 0. The van der Waals surface area contributed by atoms with Crippen molar-refractivity contribution in [3.63, 3.8) is 0 Å². The van der Waals surface area contributed by atoms with Crippen molar-refractivity contribution in [2.75, 3.05) is 20.0 Å². The zero-order chi connectivity index (χ0) is 11.1. The molecule has 13 heavy (non-hydrogen) atoms. The number of hydrogen-bond donors (Lipinski definition) is 0. The van der Waals surface area contributed by atoms with Crippen LogP contribution in [0.3, 0.4) is 0 Å². The number of rotatable bonds is 2. The molecular weight excluding hydrogens is 348 g/mol. The molecule has 0 heterocycles. The zero-order valence-electron chi connectivity index (χ0n) is 7.22. The molecule has 0 rings (SSSR count). The molecule has 0 fully saturated rings. The van der Waals surface area contributed by atoms with Gasteiger partial charge in [-0.15, -0.1) is 73.4 Å². The van der Waals surface area contributed by atoms with E-state index in [9.17, 15) is 0 Å². The molecule has 0 radical (unpaired) electrons. The fourth-order valence-corrected chi connectivity index (χ4v) is 33.6. The maximum Gasteiger partial charge on any atom is 0.368 e. The Kier molecular flexibility index (Phi) is 5.68. The third kappa shape index (κ3) is 5.37. The average molecular weight is 357 g/mol. The van der Waals surface area contributed by atoms with Gasteiger partial charge in [0.15, 0.2) is 0 Å². The highest BCUT2D eigenvalue weighted by Gasteiger charge is 2.48. The molecule has 0 bridgehead atoms. The summed E-state index contributed by atoms with van der Waals surface area (Å²) < 4.78 is 0.627. The van der Waals surface area contributed by atoms with Crippen LogP contribution < -0.4 is 0 Å². The standard InChI is InChI=1S/C4H9Cl6PSi2/c1-11(2,3)4(12(5,6)7)13(8,9)10/h1-3H3. The molecule has 0 aromatic carbocycles. The van der Waals surface area contributed by atoms with E-state index in [1.54, 1.807) is 0 Å². The highest BCUT2D eigenvalue weighted by atomic mass is 35.8. The van der Waals surface area contributed by atoms with Gasteiger partial charge in [0.05, 0.1) is 0 Å². The fourth-order valence-electron chi connectivity index (χ4n) is 0.921. The van der Waals surface area contributed by atoms with Crippen LogP contribution in [0.5, 0.6) is 0 Å². The van der Waals surface area contributed by atoms with E-state index in [0.717, 1.165) is 0 Å². The second-order valence-corrected chi connectivity index (χ2v) is 25.8. The van der Waals surface area contributed by atoms with E-state index in [-0.39, 0.29) is 0 Å². The normalized spacial score (nSPS) is 14.5. The summed E-state index contributed by atoms with van der Waals surface area (Å²) in [5, 5.41) is 0. The van der Waals surface area contributed by atoms with Gasteiger partial charge in [-0.2, -0.15) is 0 Å². The van der Waals surface area contributed by atoms with Crippen LogP contribution in [0.1, 0.15) is 0 Å². The van der Waals surface area contributed by atoms with Crippen LogP contribution in [0.2, 0.25) is 0 Å². The minimum absolute atomic E-state index is 0.627. The Morgan fingerprint density at radius 3 is 1.00 bits per heavy atom. The largest absolute Gasteiger partial charge is 0.368 e. The van der Waals surface area contributed by atoms with Crippen LogP contribution in [-0.2, 0) is 0 Å². The molecular formula is C4H9Cl6PSi2. The van der Waals surface area contributed by atoms with E-state index in [1.165, 1.54) is 0 Å². The fraction of sp³-hybridized carbons (Fsp3) is 0.750. The van der Waals surface area contributed by atoms with Crippen LogP contribution in [0.25, 0.3) is 0 Å². The molecule has 0 nitrogen and oxygen atoms in total. The molecule has 0 aromatic heterocycles. The molecule has 0 aliphatic carbocycles. The van der Waals surface area contributed by atoms with Gasteiger partial charge in [0.1, 0.15) is 0 Å². The van der Waals surface area contributed by atoms with Crippen molar-refractivity contribution in [1.29, 1.82) is 0 Å². The minimum Gasteiger partial charge on any atom is -0.121 e. The van der Waals surface area contributed by atoms with Crippen LogP contribution in [-0.4, -0.2) is 36.5 Å². The summed E-state index contributed by atoms with van der Waals surface area (Å²) in [6.45, 7) is 4.46. The smallest absolute Gasteiger partial charge is 0.121 e. The van der Waals surface area contributed by atoms with Crippen molar-refractivity contribution < 1.29 is 0 Å². The molecule has 0 spiro atoms. The molecule has 0 saturated carbocycles. The molecule has 0 aliphatic heterocycles. The number of halogens is 6. The van der Waals surface area contributed by atoms with Crippen LogP contribution in [0.15, 0.2) is 0 Å². The lowest BCUT2D eigenvalue weighted by Gasteiger charge is -2.26. The van der Waals surface area contributed by atoms with Crippen molar-refractivity contribution in [2.24, 2.45) is 0 Å². The van der Waals surface area contributed by atoms with E-state index in [2.05, 4.69) is 0 Å². The van der Waals surface area contributed by atoms with Gasteiger partial charge in [0.2, 0.25) is 0 Å². The van der Waals surface area contributed by atoms with E-state index in [1.807, 2.05) is 20.0 Å². The van der Waals surface area contributed by atoms with Crippen molar-refractivity contribution in [3.05, 3.63) is 0 Å². The van der Waals surface area contributed by atoms with Crippen molar-refractivity contribution in [2.45, 2.75) is 0 Å². The Balaban J connectivity index is 5.56. The first kappa shape index (κ1) is 15.5. The highest BCUT2D eigenvalue weighted by molar-refractivity contribution is 8.06. The van der Waals surface area contributed by atoms with Gasteiger partial charge in [-0.1, -0.05) is 0 Å². The SMILES string of the molecule is CP(C)(C)=C([Si](Cl)(Cl)Cl)[Si](Cl)(Cl)Cl. The van der Waals surface area contributed by atoms with E-state index in [4.69, 9.17) is 66.5 Å². The predicted octanol–water partition coefficient (Wildman–Crippen LogP) is 4.45. The van der Waals surface area contributed by atoms with E-state index < -0.39 is 18.9 Å². The molecule has 0 aromatic rings. The van der Waals surface area contributed by atoms with E-state index >= 15 is 0 Å². The van der Waals surface area contributed by atoms with Crippen molar-refractivity contribution in [1.82, 2.24) is 0 Å². The predicted molar refractivity (Wildman–Crippen MR) is 76.3 cm³/mol. The second-order valence-electron chi connectivity index (χ2n) is 3.36. The molecule has 0 amide bonds. The van der Waals surface area contributed by atoms with Gasteiger partial charge in [-0.25, -0.2) is 0 Å². The molecule has 0 unspecified atom stereocenters. The maximum atomic E-state index is 5.91. The third-order valence-corrected chi connectivity index (χ3v) is 20.5. The summed E-state index contributed by atoms with van der Waals surface area (Å²) in [7, 11) is 0. The Hall–Kier alpha value is 2.47. The van der Waals surface area contributed by atoms with Gasteiger partial charge in [0, 0.05) is 0 Å². The van der Waals surface area contributed by atoms with Gasteiger partial charge in [-0.3, -0.25) is 0 Å². The maximum absolute atomic E-state index is 5.91. The summed E-state index contributed by atoms with van der Waals surface area (Å²) in [5.74, 6) is 0. The first-order valence-corrected chi connectivity index (χ1v) is 16.4. The second kappa shape index (κ2) is 4.77. The molecule has 9 heteroatoms. The molecule has 80 valence electrons. The zero-order valence-corrected chi connectivity index (χ0v) is 14.6. The topological polar surface area (TPSA) is 0 Å². The molecule has 0 aliphatic rings. The van der Waals surface area contributed by atoms with Crippen LogP contribution in [0.4, 0.5) is 0 Å². The van der Waals surface area contributed by atoms with Crippen molar-refractivity contribution in [3.8, 4) is 0 Å². The van der Waals surface area contributed by atoms with Crippen molar-refractivity contribution >= 4 is 89.9 Å². The van der Waals surface area contributed by atoms with Gasteiger partial charge >= 0.3 is 12.0 Å². The lowest BCUT2D eigenvalue weighted by molar-refractivity contribution is 2.10. The lowest BCUT2D eigenvalue weighted by Crippen LogP contribution is -2.41. The monoisotopic (exact) mass is 354 g/mol. The Morgan fingerprint density at radius 1 is 0.769 bits per heavy atom. The lowest BCUT2D eigenvalue weighted by atomic mass is 11.8. The summed E-state index contributed by atoms with van der Waals surface area (Å²) in [6.07, 6.45) is 0. The Labute approximate surface area is 109 Å². The molecule has 0 atom stereocenters. The summed E-state index contributed by atoms with van der Waals surface area (Å²) in [5.41, 5.74) is 0. The third-order valence-electron chi connectivity index (χ3n) is 1.21. The minimum atomic E-state index is -3.01. The highest BCUT2D eigenvalue weighted by Crippen LogP contribution is 2.48. The first-order valence-electron chi connectivity index (χ1n) is 3.20. The summed E-state index contributed by atoms with van der Waals surface area (Å²) in [6, 6.07) is -6.02. The van der Waals surface area contributed by atoms with E-state index in [0.29, 0.717) is 4.54 Å². The molecule has 0 saturated heterocycles. The van der Waals surface area contributed by atoms with Gasteiger partial charge < -0.3 is 0 Å². The Bertz CT molecular complexity index is 220. The first-order chi connectivity index (χ1) is 5.37. The quantitative estimate of drug-likeness (QED) is 0.389. The average Bonchev–Trinajstić information content (AvgIpc) is 1.44.